The molecule has 0 aliphatic heterocycles. The van der Waals surface area contributed by atoms with Crippen molar-refractivity contribution < 1.29 is 13.2 Å². The Balaban J connectivity index is 1.62. The van der Waals surface area contributed by atoms with Crippen molar-refractivity contribution in [2.24, 2.45) is 0 Å². The van der Waals surface area contributed by atoms with Gasteiger partial charge in [0, 0.05) is 25.6 Å². The van der Waals surface area contributed by atoms with Crippen LogP contribution in [0.15, 0.2) is 71.6 Å². The second-order valence-electron chi connectivity index (χ2n) is 8.02. The predicted octanol–water partition coefficient (Wildman–Crippen LogP) is 4.26. The second kappa shape index (κ2) is 9.17. The van der Waals surface area contributed by atoms with Crippen LogP contribution in [0, 0.1) is 13.8 Å². The van der Waals surface area contributed by atoms with Gasteiger partial charge in [0.25, 0.3) is 0 Å². The zero-order chi connectivity index (χ0) is 23.6. The number of benzene rings is 3. The summed E-state index contributed by atoms with van der Waals surface area (Å²) < 4.78 is 30.9. The van der Waals surface area contributed by atoms with E-state index in [-0.39, 0.29) is 23.0 Å². The number of fused-ring (bicyclic) bond motifs is 1. The van der Waals surface area contributed by atoms with Gasteiger partial charge in [0.15, 0.2) is 0 Å². The molecule has 8 heteroatoms. The topological polar surface area (TPSA) is 93.1 Å². The number of hydrogen-bond donors (Lipinski definition) is 2. The highest BCUT2D eigenvalue weighted by molar-refractivity contribution is 7.89. The lowest BCUT2D eigenvalue weighted by Crippen LogP contribution is -2.28. The summed E-state index contributed by atoms with van der Waals surface area (Å²) in [4.78, 5) is 16.4. The summed E-state index contributed by atoms with van der Waals surface area (Å²) in [5.74, 6) is 0.452. The van der Waals surface area contributed by atoms with Crippen LogP contribution in [-0.4, -0.2) is 30.4 Å². The van der Waals surface area contributed by atoms with Gasteiger partial charge in [0.05, 0.1) is 16.7 Å². The molecule has 0 saturated carbocycles. The largest absolute Gasteiger partial charge is 0.325 e. The molecule has 0 saturated heterocycles. The number of rotatable bonds is 7. The molecule has 0 bridgehead atoms. The molecule has 7 nitrogen and oxygen atoms in total. The number of nitrogens with one attached hydrogen (secondary N) is 2. The maximum absolute atomic E-state index is 13.1. The molecule has 0 aliphatic carbocycles. The highest BCUT2D eigenvalue weighted by Crippen LogP contribution is 2.26. The fraction of sp³-hybridized carbons (Fsp3) is 0.200. The number of anilines is 1. The number of aromatic nitrogens is 2. The van der Waals surface area contributed by atoms with E-state index in [9.17, 15) is 13.2 Å². The molecule has 33 heavy (non-hydrogen) atoms. The van der Waals surface area contributed by atoms with E-state index < -0.39 is 10.0 Å². The molecule has 4 aromatic rings. The van der Waals surface area contributed by atoms with Crippen molar-refractivity contribution in [3.05, 3.63) is 77.9 Å². The van der Waals surface area contributed by atoms with Crippen LogP contribution in [0.3, 0.4) is 0 Å². The minimum Gasteiger partial charge on any atom is -0.325 e. The lowest BCUT2D eigenvalue weighted by Gasteiger charge is -2.14. The third-order valence-corrected chi connectivity index (χ3v) is 6.83. The number of aryl methyl sites for hydroxylation is 2. The number of carbonyl (C=O) groups excluding carboxylic acids is 1. The molecule has 3 aromatic carbocycles. The van der Waals surface area contributed by atoms with Crippen LogP contribution in [0.25, 0.3) is 22.4 Å². The lowest BCUT2D eigenvalue weighted by molar-refractivity contribution is -0.114. The quantitative estimate of drug-likeness (QED) is 0.429. The minimum absolute atomic E-state index is 0.0481. The lowest BCUT2D eigenvalue weighted by atomic mass is 10.1. The average molecular weight is 463 g/mol. The van der Waals surface area contributed by atoms with Gasteiger partial charge >= 0.3 is 0 Å². The summed E-state index contributed by atoms with van der Waals surface area (Å²) in [5.41, 5.74) is 4.94. The van der Waals surface area contributed by atoms with Gasteiger partial charge in [0.1, 0.15) is 10.7 Å². The molecule has 0 fully saturated rings. The van der Waals surface area contributed by atoms with Crippen LogP contribution in [0.2, 0.25) is 0 Å². The summed E-state index contributed by atoms with van der Waals surface area (Å²) in [5, 5.41) is 2.60. The van der Waals surface area contributed by atoms with Crippen LogP contribution in [0.1, 0.15) is 18.1 Å². The molecule has 0 spiro atoms. The fourth-order valence-corrected chi connectivity index (χ4v) is 5.00. The molecule has 0 unspecified atom stereocenters. The third kappa shape index (κ3) is 4.97. The molecule has 2 N–H and O–H groups in total. The van der Waals surface area contributed by atoms with Crippen molar-refractivity contribution in [1.29, 1.82) is 0 Å². The first-order valence-corrected chi connectivity index (χ1v) is 12.1. The first-order chi connectivity index (χ1) is 15.7. The molecular formula is C25H26N4O3S. The fourth-order valence-electron chi connectivity index (χ4n) is 3.74. The Morgan fingerprint density at radius 2 is 1.67 bits per heavy atom. The SMILES string of the molecule is CC(=O)Nc1ccc(C)cc1S(=O)(=O)NCCn1c(-c2ccc(C)cc2)nc2ccccc21. The summed E-state index contributed by atoms with van der Waals surface area (Å²) in [6.45, 7) is 5.74. The average Bonchev–Trinajstić information content (AvgIpc) is 3.14. The Hall–Kier alpha value is -3.49. The number of hydrogen-bond acceptors (Lipinski definition) is 4. The van der Waals surface area contributed by atoms with Crippen molar-refractivity contribution in [1.82, 2.24) is 14.3 Å². The van der Waals surface area contributed by atoms with Crippen molar-refractivity contribution in [2.45, 2.75) is 32.2 Å². The zero-order valence-electron chi connectivity index (χ0n) is 18.8. The molecule has 0 radical (unpaired) electrons. The van der Waals surface area contributed by atoms with Gasteiger partial charge in [-0.3, -0.25) is 4.79 Å². The first-order valence-electron chi connectivity index (χ1n) is 10.6. The second-order valence-corrected chi connectivity index (χ2v) is 9.76. The van der Waals surface area contributed by atoms with Crippen LogP contribution >= 0.6 is 0 Å². The maximum atomic E-state index is 13.1. The summed E-state index contributed by atoms with van der Waals surface area (Å²) in [6, 6.07) is 20.8. The zero-order valence-corrected chi connectivity index (χ0v) is 19.6. The Labute approximate surface area is 193 Å². The van der Waals surface area contributed by atoms with Gasteiger partial charge in [-0.1, -0.05) is 48.0 Å². The van der Waals surface area contributed by atoms with E-state index in [2.05, 4.69) is 10.0 Å². The molecule has 1 heterocycles. The van der Waals surface area contributed by atoms with E-state index in [0.29, 0.717) is 6.54 Å². The third-order valence-electron chi connectivity index (χ3n) is 5.33. The number of carbonyl (C=O) groups is 1. The monoisotopic (exact) mass is 462 g/mol. The van der Waals surface area contributed by atoms with Crippen molar-refractivity contribution in [2.75, 3.05) is 11.9 Å². The van der Waals surface area contributed by atoms with E-state index in [1.165, 1.54) is 6.92 Å². The Morgan fingerprint density at radius 3 is 2.39 bits per heavy atom. The Bertz CT molecular complexity index is 1420. The highest BCUT2D eigenvalue weighted by atomic mass is 32.2. The van der Waals surface area contributed by atoms with Crippen molar-refractivity contribution in [3.63, 3.8) is 0 Å². The van der Waals surface area contributed by atoms with E-state index in [1.54, 1.807) is 18.2 Å². The number of amides is 1. The highest BCUT2D eigenvalue weighted by Gasteiger charge is 2.20. The van der Waals surface area contributed by atoms with Crippen molar-refractivity contribution in [3.8, 4) is 11.4 Å². The smallest absolute Gasteiger partial charge is 0.242 e. The molecule has 0 aliphatic rings. The normalized spacial score (nSPS) is 11.6. The molecule has 0 atom stereocenters. The number of para-hydroxylation sites is 2. The summed E-state index contributed by atoms with van der Waals surface area (Å²) in [7, 11) is -3.85. The molecule has 1 aromatic heterocycles. The van der Waals surface area contributed by atoms with Crippen LogP contribution < -0.4 is 10.0 Å². The first kappa shape index (κ1) is 22.7. The molecule has 170 valence electrons. The van der Waals surface area contributed by atoms with Crippen LogP contribution in [0.5, 0.6) is 0 Å². The van der Waals surface area contributed by atoms with E-state index >= 15 is 0 Å². The maximum Gasteiger partial charge on any atom is 0.242 e. The molecular weight excluding hydrogens is 436 g/mol. The summed E-state index contributed by atoms with van der Waals surface area (Å²) in [6.07, 6.45) is 0. The number of nitrogens with zero attached hydrogens (tertiary/aromatic N) is 2. The standard InChI is InChI=1S/C25H26N4O3S/c1-17-8-11-20(12-9-17)25-28-21-6-4-5-7-23(21)29(25)15-14-26-33(31,32)24-16-18(2)10-13-22(24)27-19(3)30/h4-13,16,26H,14-15H2,1-3H3,(H,27,30). The van der Waals surface area contributed by atoms with Gasteiger partial charge in [-0.25, -0.2) is 18.1 Å². The van der Waals surface area contributed by atoms with Gasteiger partial charge in [-0.05, 0) is 43.7 Å². The molecule has 1 amide bonds. The number of imidazole rings is 1. The van der Waals surface area contributed by atoms with E-state index in [4.69, 9.17) is 4.98 Å². The van der Waals surface area contributed by atoms with Gasteiger partial charge in [-0.15, -0.1) is 0 Å². The van der Waals surface area contributed by atoms with Gasteiger partial charge in [-0.2, -0.15) is 0 Å². The predicted molar refractivity (Wildman–Crippen MR) is 131 cm³/mol. The Kier molecular flexibility index (Phi) is 6.31. The van der Waals surface area contributed by atoms with Crippen LogP contribution in [0.4, 0.5) is 5.69 Å². The van der Waals surface area contributed by atoms with Crippen molar-refractivity contribution >= 4 is 32.7 Å². The van der Waals surface area contributed by atoms with E-state index in [1.807, 2.05) is 66.9 Å². The Morgan fingerprint density at radius 1 is 0.970 bits per heavy atom. The van der Waals surface area contributed by atoms with Gasteiger partial charge < -0.3 is 9.88 Å². The summed E-state index contributed by atoms with van der Waals surface area (Å²) >= 11 is 0. The minimum atomic E-state index is -3.85. The molecule has 4 rings (SSSR count). The number of sulfonamides is 1. The van der Waals surface area contributed by atoms with Gasteiger partial charge in [0.2, 0.25) is 15.9 Å². The van der Waals surface area contributed by atoms with Crippen LogP contribution in [-0.2, 0) is 21.4 Å². The van der Waals surface area contributed by atoms with E-state index in [0.717, 1.165) is 33.5 Å².